The zero-order valence-corrected chi connectivity index (χ0v) is 10.6. The Kier molecular flexibility index (Phi) is 9.94. The van der Waals surface area contributed by atoms with E-state index in [1.54, 1.807) is 11.9 Å². The Morgan fingerprint density at radius 1 is 1.29 bits per heavy atom. The number of nitrogens with zero attached hydrogens (tertiary/aromatic N) is 1. The largest absolute Gasteiger partial charge is 0.446 e. The molecule has 0 aliphatic heterocycles. The van der Waals surface area contributed by atoms with Gasteiger partial charge >= 0.3 is 6.09 Å². The minimum absolute atomic E-state index is 0.00787. The molecule has 0 heterocycles. The summed E-state index contributed by atoms with van der Waals surface area (Å²) in [5.41, 5.74) is 0. The Morgan fingerprint density at radius 2 is 1.71 bits per heavy atom. The van der Waals surface area contributed by atoms with Crippen LogP contribution in [0.1, 0.15) is 41.5 Å². The van der Waals surface area contributed by atoms with E-state index in [2.05, 4.69) is 0 Å². The number of carbonyl (C=O) groups is 1. The van der Waals surface area contributed by atoms with Gasteiger partial charge in [-0.25, -0.2) is 4.79 Å². The maximum Gasteiger partial charge on any atom is 0.409 e. The second-order valence-electron chi connectivity index (χ2n) is 3.35. The van der Waals surface area contributed by atoms with Gasteiger partial charge in [0.1, 0.15) is 6.10 Å². The van der Waals surface area contributed by atoms with Crippen LogP contribution < -0.4 is 0 Å². The average Bonchev–Trinajstić information content (AvgIpc) is 2.19. The van der Waals surface area contributed by atoms with E-state index in [9.17, 15) is 4.79 Å². The van der Waals surface area contributed by atoms with E-state index in [1.807, 2.05) is 41.5 Å². The van der Waals surface area contributed by atoms with Crippen LogP contribution in [-0.2, 0) is 4.74 Å². The molecule has 0 bridgehead atoms. The van der Waals surface area contributed by atoms with Gasteiger partial charge in [0.15, 0.2) is 0 Å². The summed E-state index contributed by atoms with van der Waals surface area (Å²) in [7, 11) is 1.73. The lowest BCUT2D eigenvalue weighted by atomic mass is 10.1. The molecule has 3 heteroatoms. The van der Waals surface area contributed by atoms with Crippen molar-refractivity contribution in [3.63, 3.8) is 0 Å². The fourth-order valence-electron chi connectivity index (χ4n) is 0.514. The predicted octanol–water partition coefficient (Wildman–Crippen LogP) is 3.15. The molecule has 0 aromatic carbocycles. The second-order valence-corrected chi connectivity index (χ2v) is 3.35. The van der Waals surface area contributed by atoms with Crippen LogP contribution in [0.25, 0.3) is 0 Å². The predicted molar refractivity (Wildman–Crippen MR) is 60.4 cm³/mol. The second kappa shape index (κ2) is 8.85. The SMILES string of the molecule is CC.CCN(C)C(=O)O[C@@H](C)C(C)C. The Hall–Kier alpha value is -0.730. The van der Waals surface area contributed by atoms with Gasteiger partial charge in [-0.2, -0.15) is 0 Å². The normalized spacial score (nSPS) is 11.4. The molecule has 0 fully saturated rings. The molecule has 86 valence electrons. The first-order valence-electron chi connectivity index (χ1n) is 5.40. The third-order valence-electron chi connectivity index (χ3n) is 2.01. The third-order valence-corrected chi connectivity index (χ3v) is 2.01. The van der Waals surface area contributed by atoms with Gasteiger partial charge in [-0.15, -0.1) is 0 Å². The Bertz CT molecular complexity index is 146. The summed E-state index contributed by atoms with van der Waals surface area (Å²) in [6.45, 7) is 12.6. The molecule has 0 N–H and O–H groups in total. The van der Waals surface area contributed by atoms with Crippen molar-refractivity contribution < 1.29 is 9.53 Å². The quantitative estimate of drug-likeness (QED) is 0.705. The van der Waals surface area contributed by atoms with Gasteiger partial charge in [0.25, 0.3) is 0 Å². The van der Waals surface area contributed by atoms with Crippen LogP contribution in [0.2, 0.25) is 0 Å². The number of hydrogen-bond acceptors (Lipinski definition) is 2. The van der Waals surface area contributed by atoms with Gasteiger partial charge in [0, 0.05) is 13.6 Å². The molecule has 1 atom stereocenters. The lowest BCUT2D eigenvalue weighted by molar-refractivity contribution is 0.0576. The smallest absolute Gasteiger partial charge is 0.409 e. The number of amides is 1. The first-order chi connectivity index (χ1) is 6.49. The van der Waals surface area contributed by atoms with Gasteiger partial charge < -0.3 is 9.64 Å². The third kappa shape index (κ3) is 6.75. The maximum atomic E-state index is 11.2. The van der Waals surface area contributed by atoms with Crippen molar-refractivity contribution >= 4 is 6.09 Å². The highest BCUT2D eigenvalue weighted by atomic mass is 16.6. The van der Waals surface area contributed by atoms with E-state index in [0.717, 1.165) is 0 Å². The molecule has 0 aromatic rings. The van der Waals surface area contributed by atoms with Crippen LogP contribution in [0.3, 0.4) is 0 Å². The summed E-state index contributed by atoms with van der Waals surface area (Å²) in [4.78, 5) is 12.7. The van der Waals surface area contributed by atoms with Crippen molar-refractivity contribution in [2.24, 2.45) is 5.92 Å². The molecule has 0 rings (SSSR count). The number of hydrogen-bond donors (Lipinski definition) is 0. The fraction of sp³-hybridized carbons (Fsp3) is 0.909. The molecular formula is C11H25NO2. The highest BCUT2D eigenvalue weighted by molar-refractivity contribution is 5.67. The molecule has 0 spiro atoms. The molecule has 0 aliphatic carbocycles. The van der Waals surface area contributed by atoms with Gasteiger partial charge in [-0.3, -0.25) is 0 Å². The number of rotatable bonds is 3. The lowest BCUT2D eigenvalue weighted by Gasteiger charge is -2.21. The van der Waals surface area contributed by atoms with Gasteiger partial charge in [-0.05, 0) is 19.8 Å². The highest BCUT2D eigenvalue weighted by Crippen LogP contribution is 2.06. The van der Waals surface area contributed by atoms with Crippen molar-refractivity contribution in [2.45, 2.75) is 47.6 Å². The van der Waals surface area contributed by atoms with Crippen LogP contribution in [0.4, 0.5) is 4.79 Å². The van der Waals surface area contributed by atoms with E-state index in [4.69, 9.17) is 4.74 Å². The van der Waals surface area contributed by atoms with Crippen molar-refractivity contribution in [1.29, 1.82) is 0 Å². The van der Waals surface area contributed by atoms with Crippen molar-refractivity contribution in [3.8, 4) is 0 Å². The fourth-order valence-corrected chi connectivity index (χ4v) is 0.514. The van der Waals surface area contributed by atoms with E-state index in [1.165, 1.54) is 0 Å². The van der Waals surface area contributed by atoms with Gasteiger partial charge in [-0.1, -0.05) is 27.7 Å². The summed E-state index contributed by atoms with van der Waals surface area (Å²) >= 11 is 0. The highest BCUT2D eigenvalue weighted by Gasteiger charge is 2.14. The van der Waals surface area contributed by atoms with E-state index in [0.29, 0.717) is 12.5 Å². The Labute approximate surface area is 88.4 Å². The van der Waals surface area contributed by atoms with Crippen molar-refractivity contribution in [3.05, 3.63) is 0 Å². The lowest BCUT2D eigenvalue weighted by Crippen LogP contribution is -2.31. The molecule has 14 heavy (non-hydrogen) atoms. The zero-order valence-electron chi connectivity index (χ0n) is 10.6. The molecule has 1 amide bonds. The standard InChI is InChI=1S/C9H19NO2.C2H6/c1-6-10(5)9(11)12-8(4)7(2)3;1-2/h7-8H,6H2,1-5H3;1-2H3/t8-;/m0./s1. The van der Waals surface area contributed by atoms with Gasteiger partial charge in [0.2, 0.25) is 0 Å². The minimum atomic E-state index is -0.237. The molecule has 3 nitrogen and oxygen atoms in total. The summed E-state index contributed by atoms with van der Waals surface area (Å²) in [6.07, 6.45) is -0.245. The van der Waals surface area contributed by atoms with Crippen molar-refractivity contribution in [1.82, 2.24) is 4.90 Å². The summed E-state index contributed by atoms with van der Waals surface area (Å²) < 4.78 is 5.15. The van der Waals surface area contributed by atoms with Crippen LogP contribution in [-0.4, -0.2) is 30.7 Å². The number of carbonyl (C=O) groups excluding carboxylic acids is 1. The molecule has 0 aromatic heterocycles. The van der Waals surface area contributed by atoms with E-state index in [-0.39, 0.29) is 12.2 Å². The minimum Gasteiger partial charge on any atom is -0.446 e. The molecule has 0 saturated carbocycles. The topological polar surface area (TPSA) is 29.5 Å². The summed E-state index contributed by atoms with van der Waals surface area (Å²) in [6, 6.07) is 0. The molecule has 0 unspecified atom stereocenters. The van der Waals surface area contributed by atoms with Gasteiger partial charge in [0.05, 0.1) is 0 Å². The van der Waals surface area contributed by atoms with Crippen LogP contribution in [0, 0.1) is 5.92 Å². The maximum absolute atomic E-state index is 11.2. The van der Waals surface area contributed by atoms with Crippen LogP contribution in [0.5, 0.6) is 0 Å². The Morgan fingerprint density at radius 3 is 2.00 bits per heavy atom. The zero-order chi connectivity index (χ0) is 11.7. The molecule has 0 radical (unpaired) electrons. The first-order valence-corrected chi connectivity index (χ1v) is 5.40. The summed E-state index contributed by atoms with van der Waals surface area (Å²) in [5, 5.41) is 0. The van der Waals surface area contributed by atoms with E-state index >= 15 is 0 Å². The number of ether oxygens (including phenoxy) is 1. The molecular weight excluding hydrogens is 178 g/mol. The molecule has 0 saturated heterocycles. The Balaban J connectivity index is 0. The van der Waals surface area contributed by atoms with Crippen LogP contribution >= 0.6 is 0 Å². The summed E-state index contributed by atoms with van der Waals surface area (Å²) in [5.74, 6) is 0.374. The monoisotopic (exact) mass is 203 g/mol. The molecule has 0 aliphatic rings. The van der Waals surface area contributed by atoms with Crippen LogP contribution in [0.15, 0.2) is 0 Å². The average molecular weight is 203 g/mol. The van der Waals surface area contributed by atoms with Crippen molar-refractivity contribution in [2.75, 3.05) is 13.6 Å². The van der Waals surface area contributed by atoms with E-state index < -0.39 is 0 Å². The first kappa shape index (κ1) is 15.7.